The first kappa shape index (κ1) is 73.7. The zero-order valence-electron chi connectivity index (χ0n) is 51.5. The third-order valence-electron chi connectivity index (χ3n) is 13.7. The van der Waals surface area contributed by atoms with Crippen molar-refractivity contribution in [1.82, 2.24) is 34.9 Å². The van der Waals surface area contributed by atoms with Crippen LogP contribution in [0.2, 0.25) is 15.1 Å². The molecule has 2 aliphatic heterocycles. The van der Waals surface area contributed by atoms with Crippen molar-refractivity contribution in [2.45, 2.75) is 63.4 Å². The molecule has 5 aromatic heterocycles. The largest absolute Gasteiger partial charge is 0.480 e. The Morgan fingerprint density at radius 1 is 0.596 bits per heavy atom. The lowest BCUT2D eigenvalue weighted by atomic mass is 9.94. The predicted octanol–water partition coefficient (Wildman–Crippen LogP) is 16.7. The van der Waals surface area contributed by atoms with Gasteiger partial charge in [-0.1, -0.05) is 77.3 Å². The molecular formula is C67H69Cl3F3I2N13O6. The van der Waals surface area contributed by atoms with Crippen LogP contribution in [0, 0.1) is 5.82 Å². The molecule has 0 bridgehead atoms. The number of hydrogen-bond donors (Lipinski definition) is 3. The van der Waals surface area contributed by atoms with Crippen LogP contribution in [0.3, 0.4) is 0 Å². The average Bonchev–Trinajstić information content (AvgIpc) is 0.969. The molecule has 0 aliphatic carbocycles. The first-order valence-corrected chi connectivity index (χ1v) is 36.7. The van der Waals surface area contributed by atoms with Gasteiger partial charge in [0.1, 0.15) is 65.1 Å². The van der Waals surface area contributed by atoms with Gasteiger partial charge in [-0.2, -0.15) is 0 Å². The number of anilines is 11. The molecule has 2 saturated heterocycles. The Kier molecular flexibility index (Phi) is 28.8. The number of carbonyl (C=O) groups is 2. The lowest BCUT2D eigenvalue weighted by molar-refractivity contribution is -0.161. The fraction of sp³-hybridized carbons (Fsp3) is 0.269. The SMILES string of the molecule is CC(C)(C)OC(=O)COCC1(F)CCN(c2cncc(N(c3cccc(Cl)c3)c3ccccn3)n2)CC1.Clc1cccc(Nc2ccccn2)c1.II.Nc1cccc(F)c1.O=C(O)COCC1(F)CCN(c2cncc(N(c3cccc(Cl)c3)c3ccccn3)n2)CC1. The summed E-state index contributed by atoms with van der Waals surface area (Å²) in [4.78, 5) is 61.6. The third-order valence-corrected chi connectivity index (χ3v) is 14.4. The van der Waals surface area contributed by atoms with Gasteiger partial charge >= 0.3 is 11.9 Å². The Hall–Kier alpha value is -7.73. The van der Waals surface area contributed by atoms with Crippen molar-refractivity contribution < 1.29 is 42.1 Å². The molecule has 0 amide bonds. The first-order chi connectivity index (χ1) is 45.2. The predicted molar refractivity (Wildman–Crippen MR) is 383 cm³/mol. The van der Waals surface area contributed by atoms with E-state index in [0.717, 1.165) is 22.9 Å². The van der Waals surface area contributed by atoms with Crippen LogP contribution >= 0.6 is 72.0 Å². The van der Waals surface area contributed by atoms with Gasteiger partial charge in [0, 0.05) is 134 Å². The van der Waals surface area contributed by atoms with Crippen molar-refractivity contribution in [3.8, 4) is 0 Å². The van der Waals surface area contributed by atoms with Gasteiger partial charge in [-0.3, -0.25) is 19.8 Å². The number of halogens is 8. The number of aromatic nitrogens is 7. The van der Waals surface area contributed by atoms with E-state index in [0.29, 0.717) is 81.8 Å². The molecule has 11 rings (SSSR count). The monoisotopic (exact) mass is 1570 g/mol. The molecule has 4 N–H and O–H groups in total. The number of carboxylic acid groups (broad SMARTS) is 1. The zero-order valence-corrected chi connectivity index (χ0v) is 58.1. The summed E-state index contributed by atoms with van der Waals surface area (Å²) >= 11 is 22.6. The van der Waals surface area contributed by atoms with Crippen LogP contribution in [0.4, 0.5) is 76.6 Å². The minimum atomic E-state index is -1.56. The van der Waals surface area contributed by atoms with Crippen LogP contribution in [-0.2, 0) is 23.8 Å². The molecule has 27 heteroatoms. The smallest absolute Gasteiger partial charge is 0.332 e. The van der Waals surface area contributed by atoms with E-state index in [1.54, 1.807) is 88.4 Å². The summed E-state index contributed by atoms with van der Waals surface area (Å²) in [5.41, 5.74) is 4.51. The number of carbonyl (C=O) groups excluding carboxylic acids is 1. The topological polar surface area (TPSA) is 223 Å². The number of nitrogens with zero attached hydrogens (tertiary/aromatic N) is 11. The number of hydrogen-bond acceptors (Lipinski definition) is 18. The number of rotatable bonds is 18. The minimum absolute atomic E-state index is 0.159. The summed E-state index contributed by atoms with van der Waals surface area (Å²) in [6.07, 6.45) is 12.7. The second-order valence-corrected chi connectivity index (χ2v) is 23.4. The second kappa shape index (κ2) is 36.8. The normalized spacial score (nSPS) is 13.7. The maximum Gasteiger partial charge on any atom is 0.332 e. The standard InChI is InChI=1S/C27H31ClFN5O3.C23H23ClFN5O3.C11H9ClN2.C6H6FN.I2/c1-26(2,3)37-25(35)18-36-19-27(29)10-13-33(14-11-27)23-16-30-17-24(32-23)34(22-9-4-5-12-31-22)21-8-6-7-20(28)15-21;24-17-4-3-5-18(12-17)30(19-6-1-2-9-27-19)21-14-26-13-20(28-21)29-10-7-23(25,8-11-29)16-33-15-22(31)32;12-9-4-3-5-10(8-9)14-11-6-1-2-7-13-11;7-5-2-1-3-6(8)4-5;1-2/h4-9,12,15-17H,10-11,13-14,18-19H2,1-3H3;1-6,9,12-14H,7-8,10-11,15-16H2,(H,31,32);1-8H,(H,13,14);1-4H,8H2;. The Morgan fingerprint density at radius 2 is 1.05 bits per heavy atom. The quantitative estimate of drug-likeness (QED) is 0.0413. The van der Waals surface area contributed by atoms with Crippen LogP contribution in [0.25, 0.3) is 0 Å². The van der Waals surface area contributed by atoms with E-state index in [4.69, 9.17) is 69.8 Å². The molecule has 0 saturated carbocycles. The van der Waals surface area contributed by atoms with Crippen molar-refractivity contribution in [2.24, 2.45) is 0 Å². The number of nitrogen functional groups attached to an aromatic ring is 1. The van der Waals surface area contributed by atoms with Crippen LogP contribution in [0.5, 0.6) is 0 Å². The molecule has 7 heterocycles. The fourth-order valence-electron chi connectivity index (χ4n) is 9.41. The summed E-state index contributed by atoms with van der Waals surface area (Å²) in [5.74, 6) is 2.61. The number of nitrogens with one attached hydrogen (secondary N) is 1. The Labute approximate surface area is 582 Å². The molecule has 0 radical (unpaired) electrons. The first-order valence-electron chi connectivity index (χ1n) is 29.3. The van der Waals surface area contributed by atoms with Crippen molar-refractivity contribution in [1.29, 1.82) is 0 Å². The number of ether oxygens (including phenoxy) is 3. The summed E-state index contributed by atoms with van der Waals surface area (Å²) in [5, 5.41) is 13.7. The number of pyridine rings is 3. The van der Waals surface area contributed by atoms with Crippen molar-refractivity contribution >= 4 is 147 Å². The van der Waals surface area contributed by atoms with Gasteiger partial charge in [0.2, 0.25) is 0 Å². The van der Waals surface area contributed by atoms with Gasteiger partial charge in [0.05, 0.1) is 49.4 Å². The number of aliphatic carboxylic acids is 1. The van der Waals surface area contributed by atoms with Gasteiger partial charge in [-0.05, 0) is 130 Å². The highest BCUT2D eigenvalue weighted by molar-refractivity contribution is 15.0. The summed E-state index contributed by atoms with van der Waals surface area (Å²) in [7, 11) is 0. The van der Waals surface area contributed by atoms with E-state index in [-0.39, 0.29) is 51.3 Å². The highest BCUT2D eigenvalue weighted by Crippen LogP contribution is 2.37. The lowest BCUT2D eigenvalue weighted by Crippen LogP contribution is -2.45. The second-order valence-electron chi connectivity index (χ2n) is 22.1. The Balaban J connectivity index is 0.000000198. The summed E-state index contributed by atoms with van der Waals surface area (Å²) in [6, 6.07) is 45.1. The fourth-order valence-corrected chi connectivity index (χ4v) is 9.97. The molecule has 94 heavy (non-hydrogen) atoms. The van der Waals surface area contributed by atoms with E-state index < -0.39 is 35.5 Å². The third kappa shape index (κ3) is 24.2. The van der Waals surface area contributed by atoms with E-state index in [1.165, 1.54) is 12.1 Å². The summed E-state index contributed by atoms with van der Waals surface area (Å²) < 4.78 is 58.0. The summed E-state index contributed by atoms with van der Waals surface area (Å²) in [6.45, 7) is 5.85. The molecule has 0 spiro atoms. The number of piperidine rings is 2. The molecule has 0 unspecified atom stereocenters. The zero-order chi connectivity index (χ0) is 67.5. The molecule has 2 fully saturated rings. The molecule has 19 nitrogen and oxygen atoms in total. The van der Waals surface area contributed by atoms with E-state index in [2.05, 4.69) is 67.5 Å². The number of benzene rings is 4. The number of esters is 1. The van der Waals surface area contributed by atoms with Crippen molar-refractivity contribution in [3.05, 3.63) is 216 Å². The van der Waals surface area contributed by atoms with Gasteiger partial charge in [-0.25, -0.2) is 47.7 Å². The molecule has 9 aromatic rings. The maximum absolute atomic E-state index is 15.4. The van der Waals surface area contributed by atoms with Crippen LogP contribution in [-0.4, -0.2) is 121 Å². The van der Waals surface area contributed by atoms with Crippen LogP contribution in [0.15, 0.2) is 195 Å². The van der Waals surface area contributed by atoms with Crippen LogP contribution < -0.4 is 30.7 Å². The van der Waals surface area contributed by atoms with Crippen molar-refractivity contribution in [3.63, 3.8) is 0 Å². The van der Waals surface area contributed by atoms with Crippen LogP contribution in [0.1, 0.15) is 46.5 Å². The van der Waals surface area contributed by atoms with Crippen molar-refractivity contribution in [2.75, 3.05) is 83.3 Å². The highest BCUT2D eigenvalue weighted by atomic mass is 128. The van der Waals surface area contributed by atoms with Gasteiger partial charge < -0.3 is 40.2 Å². The molecule has 0 atom stereocenters. The number of carboxylic acids is 1. The maximum atomic E-state index is 15.4. The molecule has 494 valence electrons. The molecular weight excluding hydrogens is 1500 g/mol. The average molecular weight is 1570 g/mol. The molecule has 4 aromatic carbocycles. The number of nitrogens with two attached hydrogens (primary N) is 1. The van der Waals surface area contributed by atoms with Gasteiger partial charge in [0.15, 0.2) is 11.6 Å². The van der Waals surface area contributed by atoms with E-state index in [9.17, 15) is 18.4 Å². The Bertz CT molecular complexity index is 3780. The number of alkyl halides is 2. The van der Waals surface area contributed by atoms with Gasteiger partial charge in [-0.15, -0.1) is 0 Å². The highest BCUT2D eigenvalue weighted by Gasteiger charge is 2.37. The van der Waals surface area contributed by atoms with E-state index >= 15 is 4.39 Å². The van der Waals surface area contributed by atoms with E-state index in [1.807, 2.05) is 135 Å². The minimum Gasteiger partial charge on any atom is -0.480 e. The molecule has 2 aliphatic rings. The Morgan fingerprint density at radius 3 is 1.46 bits per heavy atom. The lowest BCUT2D eigenvalue weighted by Gasteiger charge is -2.37. The van der Waals surface area contributed by atoms with Gasteiger partial charge in [0.25, 0.3) is 0 Å².